The fourth-order valence-corrected chi connectivity index (χ4v) is 2.64. The fourth-order valence-electron chi connectivity index (χ4n) is 2.40. The molecule has 0 aliphatic heterocycles. The first kappa shape index (κ1) is 19.3. The number of carbonyl (C=O) groups is 1. The van der Waals surface area contributed by atoms with Crippen molar-refractivity contribution in [2.75, 3.05) is 6.61 Å². The number of aliphatic carboxylic acids is 1. The molecule has 0 unspecified atom stereocenters. The highest BCUT2D eigenvalue weighted by Gasteiger charge is 2.31. The van der Waals surface area contributed by atoms with Crippen LogP contribution in [-0.4, -0.2) is 27.5 Å². The van der Waals surface area contributed by atoms with Crippen LogP contribution >= 0.6 is 11.6 Å². The summed E-state index contributed by atoms with van der Waals surface area (Å²) in [4.78, 5) is 10.8. The van der Waals surface area contributed by atoms with Crippen LogP contribution in [0.1, 0.15) is 29.7 Å². The second kappa shape index (κ2) is 7.64. The molecule has 1 saturated carbocycles. The van der Waals surface area contributed by atoms with Crippen LogP contribution in [0.15, 0.2) is 30.3 Å². The number of carboxylic acid groups (broad SMARTS) is 1. The van der Waals surface area contributed by atoms with Crippen molar-refractivity contribution in [3.05, 3.63) is 52.2 Å². The maximum Gasteiger partial charge on any atom is 0.416 e. The Morgan fingerprint density at radius 1 is 1.37 bits per heavy atom. The molecule has 0 radical (unpaired) electrons. The van der Waals surface area contributed by atoms with Crippen molar-refractivity contribution < 1.29 is 27.8 Å². The summed E-state index contributed by atoms with van der Waals surface area (Å²) in [5.41, 5.74) is 0.0295. The van der Waals surface area contributed by atoms with Gasteiger partial charge in [0, 0.05) is 17.2 Å². The van der Waals surface area contributed by atoms with Crippen LogP contribution < -0.4 is 4.74 Å². The molecular formula is C18H16ClF3N2O3. The molecule has 2 aromatic rings. The lowest BCUT2D eigenvalue weighted by molar-refractivity contribution is -0.137. The van der Waals surface area contributed by atoms with E-state index in [4.69, 9.17) is 21.4 Å². The van der Waals surface area contributed by atoms with Crippen molar-refractivity contribution in [1.29, 1.82) is 0 Å². The minimum Gasteiger partial charge on any atom is -0.478 e. The van der Waals surface area contributed by atoms with Crippen LogP contribution in [0.5, 0.6) is 5.88 Å². The molecule has 0 amide bonds. The Bertz CT molecular complexity index is 873. The standard InChI is InChI=1S/C18H16ClF3N2O3/c19-15-7-13(18(20,21)22)4-3-12(15)9-24-14(5-6-17(25)26)8-16(23-24)27-10-11-1-2-11/h3-8,11H,1-2,9-10H2,(H,25,26). The van der Waals surface area contributed by atoms with Gasteiger partial charge in [-0.1, -0.05) is 17.7 Å². The Morgan fingerprint density at radius 2 is 2.11 bits per heavy atom. The van der Waals surface area contributed by atoms with Crippen LogP contribution in [0.3, 0.4) is 0 Å². The van der Waals surface area contributed by atoms with Crippen LogP contribution in [0.25, 0.3) is 6.08 Å². The number of rotatable bonds is 7. The number of hydrogen-bond acceptors (Lipinski definition) is 3. The van der Waals surface area contributed by atoms with Gasteiger partial charge in [0.25, 0.3) is 0 Å². The van der Waals surface area contributed by atoms with Crippen LogP contribution in [0, 0.1) is 5.92 Å². The van der Waals surface area contributed by atoms with Gasteiger partial charge in [0.1, 0.15) is 0 Å². The summed E-state index contributed by atoms with van der Waals surface area (Å²) in [5.74, 6) is -0.289. The van der Waals surface area contributed by atoms with E-state index in [2.05, 4.69) is 5.10 Å². The van der Waals surface area contributed by atoms with Gasteiger partial charge in [-0.25, -0.2) is 4.79 Å². The molecule has 5 nitrogen and oxygen atoms in total. The minimum atomic E-state index is -4.48. The third kappa shape index (κ3) is 5.26. The highest BCUT2D eigenvalue weighted by atomic mass is 35.5. The molecule has 1 N–H and O–H groups in total. The lowest BCUT2D eigenvalue weighted by atomic mass is 10.1. The predicted molar refractivity (Wildman–Crippen MR) is 92.7 cm³/mol. The zero-order valence-electron chi connectivity index (χ0n) is 14.0. The molecule has 0 atom stereocenters. The molecule has 9 heteroatoms. The van der Waals surface area contributed by atoms with Crippen molar-refractivity contribution >= 4 is 23.6 Å². The summed E-state index contributed by atoms with van der Waals surface area (Å²) in [6.07, 6.45) is 0.0260. The van der Waals surface area contributed by atoms with Crippen LogP contribution in [-0.2, 0) is 17.5 Å². The Kier molecular flexibility index (Phi) is 5.46. The maximum absolute atomic E-state index is 12.8. The van der Waals surface area contributed by atoms with E-state index in [0.29, 0.717) is 29.7 Å². The first-order valence-electron chi connectivity index (χ1n) is 8.19. The maximum atomic E-state index is 12.8. The van der Waals surface area contributed by atoms with Gasteiger partial charge in [-0.2, -0.15) is 13.2 Å². The molecule has 27 heavy (non-hydrogen) atoms. The largest absolute Gasteiger partial charge is 0.478 e. The SMILES string of the molecule is O=C(O)C=Cc1cc(OCC2CC2)nn1Cc1ccc(C(F)(F)F)cc1Cl. The van der Waals surface area contributed by atoms with E-state index in [1.807, 2.05) is 0 Å². The quantitative estimate of drug-likeness (QED) is 0.695. The van der Waals surface area contributed by atoms with Crippen molar-refractivity contribution in [1.82, 2.24) is 9.78 Å². The molecule has 0 bridgehead atoms. The first-order chi connectivity index (χ1) is 12.7. The van der Waals surface area contributed by atoms with Gasteiger partial charge >= 0.3 is 12.1 Å². The molecule has 0 saturated heterocycles. The Morgan fingerprint density at radius 3 is 2.70 bits per heavy atom. The number of benzene rings is 1. The summed E-state index contributed by atoms with van der Waals surface area (Å²) in [5, 5.41) is 13.0. The number of carboxylic acids is 1. The highest BCUT2D eigenvalue weighted by molar-refractivity contribution is 6.31. The third-order valence-electron chi connectivity index (χ3n) is 4.05. The van der Waals surface area contributed by atoms with Gasteiger partial charge in [-0.3, -0.25) is 4.68 Å². The normalized spacial score (nSPS) is 14.7. The van der Waals surface area contributed by atoms with E-state index in [0.717, 1.165) is 31.1 Å². The van der Waals surface area contributed by atoms with Crippen LogP contribution in [0.2, 0.25) is 5.02 Å². The van der Waals surface area contributed by atoms with E-state index in [1.165, 1.54) is 16.8 Å². The molecule has 1 aliphatic carbocycles. The summed E-state index contributed by atoms with van der Waals surface area (Å²) in [6.45, 7) is 0.600. The predicted octanol–water partition coefficient (Wildman–Crippen LogP) is 4.49. The van der Waals surface area contributed by atoms with E-state index in [9.17, 15) is 18.0 Å². The van der Waals surface area contributed by atoms with Crippen molar-refractivity contribution in [2.45, 2.75) is 25.6 Å². The molecule has 0 spiro atoms. The lowest BCUT2D eigenvalue weighted by Crippen LogP contribution is -2.08. The average molecular weight is 401 g/mol. The molecule has 3 rings (SSSR count). The molecule has 1 aromatic heterocycles. The number of aromatic nitrogens is 2. The second-order valence-corrected chi connectivity index (χ2v) is 6.70. The molecule has 1 aliphatic rings. The number of halogens is 4. The van der Waals surface area contributed by atoms with Crippen molar-refractivity contribution in [2.24, 2.45) is 5.92 Å². The Balaban J connectivity index is 1.84. The third-order valence-corrected chi connectivity index (χ3v) is 4.40. The van der Waals surface area contributed by atoms with Gasteiger partial charge in [0.2, 0.25) is 5.88 Å². The highest BCUT2D eigenvalue weighted by Crippen LogP contribution is 2.33. The topological polar surface area (TPSA) is 64.3 Å². The molecular weight excluding hydrogens is 385 g/mol. The average Bonchev–Trinajstić information content (AvgIpc) is 3.33. The monoisotopic (exact) mass is 400 g/mol. The number of ether oxygens (including phenoxy) is 1. The number of hydrogen-bond donors (Lipinski definition) is 1. The summed E-state index contributed by atoms with van der Waals surface area (Å²) < 4.78 is 45.3. The smallest absolute Gasteiger partial charge is 0.416 e. The van der Waals surface area contributed by atoms with E-state index in [-0.39, 0.29) is 11.6 Å². The van der Waals surface area contributed by atoms with Gasteiger partial charge in [0.05, 0.1) is 24.4 Å². The Hall–Kier alpha value is -2.48. The van der Waals surface area contributed by atoms with Gasteiger partial charge in [-0.15, -0.1) is 5.10 Å². The molecule has 144 valence electrons. The summed E-state index contributed by atoms with van der Waals surface area (Å²) in [7, 11) is 0. The molecule has 1 fully saturated rings. The van der Waals surface area contributed by atoms with Crippen molar-refractivity contribution in [3.8, 4) is 5.88 Å². The summed E-state index contributed by atoms with van der Waals surface area (Å²) in [6, 6.07) is 4.67. The van der Waals surface area contributed by atoms with Crippen LogP contribution in [0.4, 0.5) is 13.2 Å². The summed E-state index contributed by atoms with van der Waals surface area (Å²) >= 11 is 6.00. The fraction of sp³-hybridized carbons (Fsp3) is 0.333. The first-order valence-corrected chi connectivity index (χ1v) is 8.57. The Labute approximate surface area is 158 Å². The van der Waals surface area contributed by atoms with Crippen molar-refractivity contribution in [3.63, 3.8) is 0 Å². The van der Waals surface area contributed by atoms with Gasteiger partial charge in [-0.05, 0) is 42.5 Å². The van der Waals surface area contributed by atoms with Gasteiger partial charge in [0.15, 0.2) is 0 Å². The zero-order chi connectivity index (χ0) is 19.6. The van der Waals surface area contributed by atoms with E-state index < -0.39 is 17.7 Å². The lowest BCUT2D eigenvalue weighted by Gasteiger charge is -2.11. The second-order valence-electron chi connectivity index (χ2n) is 6.29. The van der Waals surface area contributed by atoms with Gasteiger partial charge < -0.3 is 9.84 Å². The zero-order valence-corrected chi connectivity index (χ0v) is 14.8. The van der Waals surface area contributed by atoms with E-state index in [1.54, 1.807) is 6.07 Å². The number of alkyl halides is 3. The number of nitrogens with zero attached hydrogens (tertiary/aromatic N) is 2. The molecule has 1 aromatic carbocycles. The molecule has 1 heterocycles. The van der Waals surface area contributed by atoms with E-state index >= 15 is 0 Å². The minimum absolute atomic E-state index is 0.0473.